The molecule has 2 heterocycles. The maximum Gasteiger partial charge on any atom is 0.387 e. The number of thiazole rings is 1. The van der Waals surface area contributed by atoms with E-state index in [-0.39, 0.29) is 18.1 Å². The Kier molecular flexibility index (Phi) is 6.46. The topological polar surface area (TPSA) is 73.6 Å². The second kappa shape index (κ2) is 9.61. The van der Waals surface area contributed by atoms with Crippen molar-refractivity contribution in [2.75, 3.05) is 12.4 Å². The number of methoxy groups -OCH3 is 1. The van der Waals surface area contributed by atoms with Crippen LogP contribution in [0.15, 0.2) is 70.7 Å². The van der Waals surface area contributed by atoms with Crippen LogP contribution in [0.25, 0.3) is 21.9 Å². The van der Waals surface area contributed by atoms with Crippen molar-refractivity contribution in [3.05, 3.63) is 71.9 Å². The molecule has 0 unspecified atom stereocenters. The number of hydrogen-bond acceptors (Lipinski definition) is 6. The van der Waals surface area contributed by atoms with Crippen molar-refractivity contribution in [2.45, 2.75) is 13.0 Å². The zero-order valence-electron chi connectivity index (χ0n) is 16.9. The van der Waals surface area contributed by atoms with Crippen molar-refractivity contribution in [1.82, 2.24) is 4.98 Å². The number of amides is 1. The van der Waals surface area contributed by atoms with Gasteiger partial charge < -0.3 is 19.2 Å². The predicted octanol–water partition coefficient (Wildman–Crippen LogP) is 5.86. The smallest absolute Gasteiger partial charge is 0.387 e. The molecule has 0 aliphatic carbocycles. The van der Waals surface area contributed by atoms with Crippen molar-refractivity contribution >= 4 is 22.9 Å². The lowest BCUT2D eigenvalue weighted by molar-refractivity contribution is -0.115. The molecule has 0 aliphatic rings. The summed E-state index contributed by atoms with van der Waals surface area (Å²) in [5.74, 6) is 0.988. The fourth-order valence-corrected chi connectivity index (χ4v) is 3.86. The quantitative estimate of drug-likeness (QED) is 0.359. The maximum absolute atomic E-state index is 12.9. The number of aromatic nitrogens is 1. The van der Waals surface area contributed by atoms with Gasteiger partial charge in [-0.1, -0.05) is 12.1 Å². The molecule has 0 radical (unpaired) electrons. The molecule has 0 fully saturated rings. The summed E-state index contributed by atoms with van der Waals surface area (Å²) in [6, 6.07) is 14.9. The summed E-state index contributed by atoms with van der Waals surface area (Å²) >= 11 is 1.38. The van der Waals surface area contributed by atoms with Gasteiger partial charge in [-0.15, -0.1) is 11.3 Å². The van der Waals surface area contributed by atoms with Crippen molar-refractivity contribution in [2.24, 2.45) is 0 Å². The van der Waals surface area contributed by atoms with E-state index >= 15 is 0 Å². The average molecular weight is 456 g/mol. The van der Waals surface area contributed by atoms with Gasteiger partial charge in [-0.25, -0.2) is 4.98 Å². The average Bonchev–Trinajstić information content (AvgIpc) is 3.46. The number of carbonyl (C=O) groups is 1. The van der Waals surface area contributed by atoms with Gasteiger partial charge in [-0.05, 0) is 48.0 Å². The maximum atomic E-state index is 12.9. The third-order valence-corrected chi connectivity index (χ3v) is 5.41. The highest BCUT2D eigenvalue weighted by molar-refractivity contribution is 7.13. The first-order valence-electron chi connectivity index (χ1n) is 9.53. The zero-order valence-corrected chi connectivity index (χ0v) is 17.7. The van der Waals surface area contributed by atoms with E-state index in [2.05, 4.69) is 15.0 Å². The zero-order chi connectivity index (χ0) is 22.5. The van der Waals surface area contributed by atoms with Crippen molar-refractivity contribution in [1.29, 1.82) is 0 Å². The normalized spacial score (nSPS) is 10.9. The molecule has 6 nitrogen and oxygen atoms in total. The molecule has 0 bridgehead atoms. The molecule has 2 aromatic heterocycles. The lowest BCUT2D eigenvalue weighted by atomic mass is 10.0. The summed E-state index contributed by atoms with van der Waals surface area (Å²) in [6.07, 6.45) is 1.62. The van der Waals surface area contributed by atoms with Crippen LogP contribution in [0.5, 0.6) is 11.5 Å². The minimum absolute atomic E-state index is 0.00533. The van der Waals surface area contributed by atoms with E-state index in [1.165, 1.54) is 30.6 Å². The SMILES string of the molecule is COc1ccc(-c2cc(NC(=O)Cc3csc(-c4ccco4)n3)ccc2OC(F)F)cc1. The molecule has 4 aromatic rings. The summed E-state index contributed by atoms with van der Waals surface area (Å²) in [6.45, 7) is -2.97. The highest BCUT2D eigenvalue weighted by Crippen LogP contribution is 2.34. The minimum atomic E-state index is -2.97. The summed E-state index contributed by atoms with van der Waals surface area (Å²) < 4.78 is 40.8. The van der Waals surface area contributed by atoms with Gasteiger partial charge in [0, 0.05) is 16.6 Å². The molecular weight excluding hydrogens is 438 g/mol. The van der Waals surface area contributed by atoms with E-state index in [1.54, 1.807) is 54.1 Å². The van der Waals surface area contributed by atoms with Crippen LogP contribution in [0.4, 0.5) is 14.5 Å². The van der Waals surface area contributed by atoms with Crippen molar-refractivity contribution < 1.29 is 27.5 Å². The van der Waals surface area contributed by atoms with Crippen LogP contribution in [0.1, 0.15) is 5.69 Å². The van der Waals surface area contributed by atoms with E-state index < -0.39 is 6.61 Å². The number of nitrogens with one attached hydrogen (secondary N) is 1. The molecule has 9 heteroatoms. The number of anilines is 1. The first kappa shape index (κ1) is 21.5. The first-order valence-corrected chi connectivity index (χ1v) is 10.4. The number of halogens is 2. The van der Waals surface area contributed by atoms with Crippen molar-refractivity contribution in [3.8, 4) is 33.4 Å². The second-order valence-corrected chi connectivity index (χ2v) is 7.52. The molecular formula is C23H18F2N2O4S. The van der Waals surface area contributed by atoms with Crippen LogP contribution >= 0.6 is 11.3 Å². The number of alkyl halides is 2. The molecule has 0 saturated heterocycles. The molecule has 164 valence electrons. The second-order valence-electron chi connectivity index (χ2n) is 6.66. The molecule has 0 spiro atoms. The van der Waals surface area contributed by atoms with E-state index in [9.17, 15) is 13.6 Å². The van der Waals surface area contributed by atoms with Gasteiger partial charge in [0.15, 0.2) is 10.8 Å². The third kappa shape index (κ3) is 5.12. The van der Waals surface area contributed by atoms with Crippen LogP contribution in [0.3, 0.4) is 0 Å². The van der Waals surface area contributed by atoms with Gasteiger partial charge in [0.05, 0.1) is 25.5 Å². The Morgan fingerprint density at radius 3 is 2.69 bits per heavy atom. The van der Waals surface area contributed by atoms with Crippen LogP contribution in [-0.2, 0) is 11.2 Å². The van der Waals surface area contributed by atoms with Gasteiger partial charge in [0.2, 0.25) is 5.91 Å². The molecule has 1 N–H and O–H groups in total. The molecule has 1 amide bonds. The Labute approximate surface area is 186 Å². The number of benzene rings is 2. The molecule has 4 rings (SSSR count). The first-order chi connectivity index (χ1) is 15.5. The third-order valence-electron chi connectivity index (χ3n) is 4.51. The van der Waals surface area contributed by atoms with Gasteiger partial charge in [0.1, 0.15) is 11.5 Å². The van der Waals surface area contributed by atoms with Crippen LogP contribution in [0, 0.1) is 0 Å². The van der Waals surface area contributed by atoms with Gasteiger partial charge in [-0.2, -0.15) is 8.78 Å². The van der Waals surface area contributed by atoms with Crippen LogP contribution in [0.2, 0.25) is 0 Å². The van der Waals surface area contributed by atoms with E-state index in [1.807, 2.05) is 0 Å². The molecule has 0 saturated carbocycles. The minimum Gasteiger partial charge on any atom is -0.497 e. The number of hydrogen-bond donors (Lipinski definition) is 1. The summed E-state index contributed by atoms with van der Waals surface area (Å²) in [7, 11) is 1.54. The Bertz CT molecular complexity index is 1190. The number of nitrogens with zero attached hydrogens (tertiary/aromatic N) is 1. The molecule has 0 aliphatic heterocycles. The van der Waals surface area contributed by atoms with Crippen LogP contribution < -0.4 is 14.8 Å². The largest absolute Gasteiger partial charge is 0.497 e. The number of rotatable bonds is 8. The molecule has 0 atom stereocenters. The monoisotopic (exact) mass is 456 g/mol. The Balaban J connectivity index is 1.52. The van der Waals surface area contributed by atoms with E-state index in [0.717, 1.165) is 0 Å². The highest BCUT2D eigenvalue weighted by atomic mass is 32.1. The molecule has 32 heavy (non-hydrogen) atoms. The lowest BCUT2D eigenvalue weighted by Gasteiger charge is -2.14. The summed E-state index contributed by atoms with van der Waals surface area (Å²) in [4.78, 5) is 16.9. The summed E-state index contributed by atoms with van der Waals surface area (Å²) in [5.41, 5.74) is 2.11. The van der Waals surface area contributed by atoms with Crippen molar-refractivity contribution in [3.63, 3.8) is 0 Å². The number of furan rings is 1. The fourth-order valence-electron chi connectivity index (χ4n) is 3.07. The Morgan fingerprint density at radius 1 is 1.19 bits per heavy atom. The van der Waals surface area contributed by atoms with E-state index in [4.69, 9.17) is 9.15 Å². The Hall–Kier alpha value is -3.72. The standard InChI is InChI=1S/C23H18F2N2O4S/c1-29-17-7-4-14(5-8-17)18-11-15(6-9-19(18)31-23(24)25)26-21(28)12-16-13-32-22(27-16)20-3-2-10-30-20/h2-11,13,23H,12H2,1H3,(H,26,28). The van der Waals surface area contributed by atoms with Crippen LogP contribution in [-0.4, -0.2) is 24.6 Å². The van der Waals surface area contributed by atoms with Gasteiger partial charge in [0.25, 0.3) is 0 Å². The molecule has 2 aromatic carbocycles. The van der Waals surface area contributed by atoms with Gasteiger partial charge in [-0.3, -0.25) is 4.79 Å². The fraction of sp³-hybridized carbons (Fsp3) is 0.130. The predicted molar refractivity (Wildman–Crippen MR) is 117 cm³/mol. The van der Waals surface area contributed by atoms with Gasteiger partial charge >= 0.3 is 6.61 Å². The highest BCUT2D eigenvalue weighted by Gasteiger charge is 2.15. The Morgan fingerprint density at radius 2 is 2.00 bits per heavy atom. The summed E-state index contributed by atoms with van der Waals surface area (Å²) in [5, 5.41) is 5.26. The number of carbonyl (C=O) groups excluding carboxylic acids is 1. The lowest BCUT2D eigenvalue weighted by Crippen LogP contribution is -2.14. The number of ether oxygens (including phenoxy) is 2. The van der Waals surface area contributed by atoms with E-state index in [0.29, 0.717) is 39.0 Å².